The Bertz CT molecular complexity index is 629. The van der Waals surface area contributed by atoms with Gasteiger partial charge in [-0.25, -0.2) is 0 Å². The summed E-state index contributed by atoms with van der Waals surface area (Å²) in [5.74, 6) is 2.04. The minimum Gasteiger partial charge on any atom is -0.493 e. The minimum atomic E-state index is 0.483. The maximum atomic E-state index is 6.16. The summed E-state index contributed by atoms with van der Waals surface area (Å²) in [6, 6.07) is 13.9. The van der Waals surface area contributed by atoms with Crippen LogP contribution in [0.4, 0.5) is 0 Å². The van der Waals surface area contributed by atoms with Crippen molar-refractivity contribution >= 4 is 11.6 Å². The molecule has 0 aliphatic rings. The zero-order chi connectivity index (χ0) is 16.7. The highest BCUT2D eigenvalue weighted by molar-refractivity contribution is 6.31. The molecule has 4 heteroatoms. The Kier molecular flexibility index (Phi) is 6.75. The van der Waals surface area contributed by atoms with Crippen LogP contribution in [-0.2, 0) is 13.1 Å². The Morgan fingerprint density at radius 3 is 2.52 bits per heavy atom. The van der Waals surface area contributed by atoms with Crippen molar-refractivity contribution in [1.29, 1.82) is 0 Å². The Balaban J connectivity index is 1.94. The summed E-state index contributed by atoms with van der Waals surface area (Å²) < 4.78 is 11.2. The number of halogens is 1. The summed E-state index contributed by atoms with van der Waals surface area (Å²) in [4.78, 5) is 0. The second-order valence-corrected chi connectivity index (χ2v) is 6.29. The molecule has 124 valence electrons. The number of hydrogen-bond donors (Lipinski definition) is 1. The highest BCUT2D eigenvalue weighted by Crippen LogP contribution is 2.28. The molecular weight excluding hydrogens is 310 g/mol. The van der Waals surface area contributed by atoms with E-state index in [2.05, 4.69) is 25.2 Å². The Morgan fingerprint density at radius 1 is 1.04 bits per heavy atom. The molecule has 0 unspecified atom stereocenters. The largest absolute Gasteiger partial charge is 0.493 e. The van der Waals surface area contributed by atoms with Gasteiger partial charge in [-0.1, -0.05) is 49.7 Å². The molecule has 0 radical (unpaired) electrons. The van der Waals surface area contributed by atoms with E-state index < -0.39 is 0 Å². The minimum absolute atomic E-state index is 0.483. The summed E-state index contributed by atoms with van der Waals surface area (Å²) in [5.41, 5.74) is 2.24. The third kappa shape index (κ3) is 5.45. The van der Waals surface area contributed by atoms with Crippen LogP contribution in [0.25, 0.3) is 0 Å². The van der Waals surface area contributed by atoms with Crippen LogP contribution in [0, 0.1) is 5.92 Å². The van der Waals surface area contributed by atoms with Crippen LogP contribution in [0.5, 0.6) is 11.5 Å². The maximum absolute atomic E-state index is 6.16. The summed E-state index contributed by atoms with van der Waals surface area (Å²) in [7, 11) is 1.67. The lowest BCUT2D eigenvalue weighted by Gasteiger charge is -2.14. The molecule has 0 aromatic heterocycles. The second-order valence-electron chi connectivity index (χ2n) is 5.89. The van der Waals surface area contributed by atoms with Gasteiger partial charge in [-0.15, -0.1) is 0 Å². The topological polar surface area (TPSA) is 30.5 Å². The zero-order valence-electron chi connectivity index (χ0n) is 13.9. The van der Waals surface area contributed by atoms with Gasteiger partial charge in [0, 0.05) is 18.1 Å². The molecule has 0 aliphatic carbocycles. The van der Waals surface area contributed by atoms with E-state index in [9.17, 15) is 0 Å². The number of ether oxygens (including phenoxy) is 2. The molecule has 23 heavy (non-hydrogen) atoms. The monoisotopic (exact) mass is 333 g/mol. The maximum Gasteiger partial charge on any atom is 0.161 e. The van der Waals surface area contributed by atoms with Crippen molar-refractivity contribution in [3.05, 3.63) is 58.6 Å². The number of benzene rings is 2. The van der Waals surface area contributed by atoms with Crippen LogP contribution >= 0.6 is 11.6 Å². The van der Waals surface area contributed by atoms with Gasteiger partial charge in [-0.05, 0) is 35.2 Å². The molecular formula is C19H24ClNO2. The molecule has 3 nitrogen and oxygen atoms in total. The molecule has 1 N–H and O–H groups in total. The van der Waals surface area contributed by atoms with Crippen molar-refractivity contribution in [1.82, 2.24) is 5.32 Å². The first-order valence-electron chi connectivity index (χ1n) is 7.84. The Labute approximate surface area is 143 Å². The summed E-state index contributed by atoms with van der Waals surface area (Å²) >= 11 is 6.16. The van der Waals surface area contributed by atoms with Crippen molar-refractivity contribution in [3.63, 3.8) is 0 Å². The van der Waals surface area contributed by atoms with E-state index in [1.807, 2.05) is 36.4 Å². The summed E-state index contributed by atoms with van der Waals surface area (Å²) in [6.07, 6.45) is 0. The third-order valence-electron chi connectivity index (χ3n) is 3.40. The van der Waals surface area contributed by atoms with Gasteiger partial charge >= 0.3 is 0 Å². The molecule has 0 spiro atoms. The Hall–Kier alpha value is -1.71. The number of methoxy groups -OCH3 is 1. The fraction of sp³-hybridized carbons (Fsp3) is 0.368. The molecule has 0 amide bonds. The van der Waals surface area contributed by atoms with E-state index in [0.717, 1.165) is 40.7 Å². The van der Waals surface area contributed by atoms with Gasteiger partial charge in [-0.3, -0.25) is 0 Å². The van der Waals surface area contributed by atoms with Gasteiger partial charge in [0.15, 0.2) is 11.5 Å². The van der Waals surface area contributed by atoms with E-state index in [0.29, 0.717) is 12.5 Å². The first-order valence-corrected chi connectivity index (χ1v) is 8.21. The van der Waals surface area contributed by atoms with Crippen LogP contribution in [-0.4, -0.2) is 13.7 Å². The van der Waals surface area contributed by atoms with Crippen LogP contribution in [0.1, 0.15) is 25.0 Å². The predicted molar refractivity (Wildman–Crippen MR) is 95.3 cm³/mol. The lowest BCUT2D eigenvalue weighted by Crippen LogP contribution is -2.13. The van der Waals surface area contributed by atoms with Gasteiger partial charge in [0.05, 0.1) is 13.7 Å². The molecule has 0 heterocycles. The molecule has 0 atom stereocenters. The molecule has 0 saturated carbocycles. The van der Waals surface area contributed by atoms with Gasteiger partial charge in [0.2, 0.25) is 0 Å². The zero-order valence-corrected chi connectivity index (χ0v) is 14.7. The van der Waals surface area contributed by atoms with Crippen molar-refractivity contribution in [2.24, 2.45) is 5.92 Å². The SMILES string of the molecule is COc1cc(CNCc2ccccc2Cl)ccc1OCC(C)C. The van der Waals surface area contributed by atoms with Gasteiger partial charge in [0.25, 0.3) is 0 Å². The predicted octanol–water partition coefficient (Wildman–Crippen LogP) is 4.67. The third-order valence-corrected chi connectivity index (χ3v) is 3.77. The van der Waals surface area contributed by atoms with Crippen LogP contribution in [0.15, 0.2) is 42.5 Å². The molecule has 0 fully saturated rings. The standard InChI is InChI=1S/C19H24ClNO2/c1-14(2)13-23-18-9-8-15(10-19(18)22-3)11-21-12-16-6-4-5-7-17(16)20/h4-10,14,21H,11-13H2,1-3H3. The van der Waals surface area contributed by atoms with E-state index in [1.54, 1.807) is 7.11 Å². The number of rotatable bonds is 8. The Morgan fingerprint density at radius 2 is 1.83 bits per heavy atom. The van der Waals surface area contributed by atoms with E-state index in [-0.39, 0.29) is 0 Å². The lowest BCUT2D eigenvalue weighted by molar-refractivity contribution is 0.256. The fourth-order valence-corrected chi connectivity index (χ4v) is 2.38. The first kappa shape index (κ1) is 17.6. The molecule has 0 aliphatic heterocycles. The van der Waals surface area contributed by atoms with Crippen molar-refractivity contribution < 1.29 is 9.47 Å². The van der Waals surface area contributed by atoms with Gasteiger partial charge in [0.1, 0.15) is 0 Å². The smallest absolute Gasteiger partial charge is 0.161 e. The quantitative estimate of drug-likeness (QED) is 0.761. The number of hydrogen-bond acceptors (Lipinski definition) is 3. The van der Waals surface area contributed by atoms with Crippen LogP contribution in [0.3, 0.4) is 0 Å². The van der Waals surface area contributed by atoms with E-state index in [4.69, 9.17) is 21.1 Å². The highest BCUT2D eigenvalue weighted by Gasteiger charge is 2.07. The normalized spacial score (nSPS) is 10.8. The molecule has 0 saturated heterocycles. The second kappa shape index (κ2) is 8.80. The average molecular weight is 334 g/mol. The molecule has 0 bridgehead atoms. The number of nitrogens with one attached hydrogen (secondary N) is 1. The average Bonchev–Trinajstić information content (AvgIpc) is 2.55. The summed E-state index contributed by atoms with van der Waals surface area (Å²) in [6.45, 7) is 6.40. The molecule has 2 aromatic rings. The summed E-state index contributed by atoms with van der Waals surface area (Å²) in [5, 5.41) is 4.19. The molecule has 2 rings (SSSR count). The van der Waals surface area contributed by atoms with Crippen molar-refractivity contribution in [3.8, 4) is 11.5 Å². The van der Waals surface area contributed by atoms with E-state index in [1.165, 1.54) is 0 Å². The first-order chi connectivity index (χ1) is 11.1. The van der Waals surface area contributed by atoms with Crippen LogP contribution < -0.4 is 14.8 Å². The molecule has 2 aromatic carbocycles. The van der Waals surface area contributed by atoms with Gasteiger partial charge in [-0.2, -0.15) is 0 Å². The van der Waals surface area contributed by atoms with Crippen molar-refractivity contribution in [2.75, 3.05) is 13.7 Å². The van der Waals surface area contributed by atoms with E-state index >= 15 is 0 Å². The van der Waals surface area contributed by atoms with Crippen molar-refractivity contribution in [2.45, 2.75) is 26.9 Å². The highest BCUT2D eigenvalue weighted by atomic mass is 35.5. The van der Waals surface area contributed by atoms with Gasteiger partial charge < -0.3 is 14.8 Å². The lowest BCUT2D eigenvalue weighted by atomic mass is 10.2. The van der Waals surface area contributed by atoms with Crippen LogP contribution in [0.2, 0.25) is 5.02 Å². The fourth-order valence-electron chi connectivity index (χ4n) is 2.18.